The zero-order chi connectivity index (χ0) is 18.5. The standard InChI is InChI=1S/C20H22F2N2O2/c1-26-13-15-4-2-3-5-17(15)20(25)23-11-14-8-9-24(12-14)16-6-7-18(21)19(22)10-16/h2-7,10,14H,8-9,11-13H2,1H3,(H,23,25). The molecule has 4 nitrogen and oxygen atoms in total. The minimum absolute atomic E-state index is 0.121. The molecule has 1 heterocycles. The van der Waals surface area contributed by atoms with E-state index in [1.807, 2.05) is 23.1 Å². The van der Waals surface area contributed by atoms with Gasteiger partial charge in [0.1, 0.15) is 0 Å². The van der Waals surface area contributed by atoms with E-state index in [1.54, 1.807) is 19.2 Å². The molecule has 1 aliphatic heterocycles. The van der Waals surface area contributed by atoms with Crippen molar-refractivity contribution < 1.29 is 18.3 Å². The molecule has 0 aromatic heterocycles. The Morgan fingerprint density at radius 3 is 2.81 bits per heavy atom. The summed E-state index contributed by atoms with van der Waals surface area (Å²) in [5, 5.41) is 2.98. The molecule has 0 spiro atoms. The van der Waals surface area contributed by atoms with Gasteiger partial charge < -0.3 is 15.0 Å². The summed E-state index contributed by atoms with van der Waals surface area (Å²) in [6, 6.07) is 11.3. The third-order valence-corrected chi connectivity index (χ3v) is 4.67. The molecule has 1 N–H and O–H groups in total. The Labute approximate surface area is 151 Å². The molecular weight excluding hydrogens is 338 g/mol. The van der Waals surface area contributed by atoms with Gasteiger partial charge in [-0.1, -0.05) is 18.2 Å². The molecule has 0 bridgehead atoms. The minimum atomic E-state index is -0.841. The van der Waals surface area contributed by atoms with Gasteiger partial charge in [0.05, 0.1) is 6.61 Å². The lowest BCUT2D eigenvalue weighted by molar-refractivity contribution is 0.0943. The van der Waals surface area contributed by atoms with Crippen LogP contribution >= 0.6 is 0 Å². The second kappa shape index (κ2) is 8.27. The van der Waals surface area contributed by atoms with Crippen LogP contribution in [0.1, 0.15) is 22.3 Å². The topological polar surface area (TPSA) is 41.6 Å². The van der Waals surface area contributed by atoms with Gasteiger partial charge in [-0.3, -0.25) is 4.79 Å². The number of ether oxygens (including phenoxy) is 1. The van der Waals surface area contributed by atoms with Crippen molar-refractivity contribution in [3.05, 3.63) is 65.2 Å². The number of halogens is 2. The first-order valence-electron chi connectivity index (χ1n) is 8.63. The van der Waals surface area contributed by atoms with Crippen LogP contribution in [0.25, 0.3) is 0 Å². The average Bonchev–Trinajstić information content (AvgIpc) is 3.12. The Hall–Kier alpha value is -2.47. The second-order valence-electron chi connectivity index (χ2n) is 6.50. The van der Waals surface area contributed by atoms with Crippen LogP contribution in [0.15, 0.2) is 42.5 Å². The molecule has 138 valence electrons. The molecule has 1 atom stereocenters. The van der Waals surface area contributed by atoms with E-state index in [0.29, 0.717) is 30.9 Å². The van der Waals surface area contributed by atoms with E-state index in [1.165, 1.54) is 6.07 Å². The molecule has 1 fully saturated rings. The monoisotopic (exact) mass is 360 g/mol. The van der Waals surface area contributed by atoms with Crippen LogP contribution < -0.4 is 10.2 Å². The summed E-state index contributed by atoms with van der Waals surface area (Å²) in [6.07, 6.45) is 0.888. The molecule has 1 saturated heterocycles. The Morgan fingerprint density at radius 1 is 1.23 bits per heavy atom. The minimum Gasteiger partial charge on any atom is -0.380 e. The molecule has 26 heavy (non-hydrogen) atoms. The van der Waals surface area contributed by atoms with E-state index < -0.39 is 11.6 Å². The lowest BCUT2D eigenvalue weighted by atomic mass is 10.1. The summed E-state index contributed by atoms with van der Waals surface area (Å²) in [6.45, 7) is 2.38. The third-order valence-electron chi connectivity index (χ3n) is 4.67. The fourth-order valence-corrected chi connectivity index (χ4v) is 3.27. The number of rotatable bonds is 6. The number of nitrogens with one attached hydrogen (secondary N) is 1. The maximum absolute atomic E-state index is 13.4. The highest BCUT2D eigenvalue weighted by Crippen LogP contribution is 2.25. The van der Waals surface area contributed by atoms with E-state index in [0.717, 1.165) is 24.6 Å². The molecule has 1 aliphatic rings. The first kappa shape index (κ1) is 18.3. The predicted molar refractivity (Wildman–Crippen MR) is 96.2 cm³/mol. The summed E-state index contributed by atoms with van der Waals surface area (Å²) in [7, 11) is 1.60. The van der Waals surface area contributed by atoms with Crippen molar-refractivity contribution in [1.82, 2.24) is 5.32 Å². The lowest BCUT2D eigenvalue weighted by Gasteiger charge is -2.19. The van der Waals surface area contributed by atoms with E-state index in [4.69, 9.17) is 4.74 Å². The van der Waals surface area contributed by atoms with Crippen LogP contribution in [0.5, 0.6) is 0 Å². The number of amides is 1. The molecule has 0 saturated carbocycles. The number of hydrogen-bond acceptors (Lipinski definition) is 3. The van der Waals surface area contributed by atoms with Crippen LogP contribution in [-0.2, 0) is 11.3 Å². The normalized spacial score (nSPS) is 16.7. The van der Waals surface area contributed by atoms with Crippen LogP contribution in [0.3, 0.4) is 0 Å². The summed E-state index contributed by atoms with van der Waals surface area (Å²) in [5.74, 6) is -1.54. The van der Waals surface area contributed by atoms with Gasteiger partial charge in [0.15, 0.2) is 11.6 Å². The van der Waals surface area contributed by atoms with Gasteiger partial charge in [-0.15, -0.1) is 0 Å². The number of benzene rings is 2. The van der Waals surface area contributed by atoms with Crippen molar-refractivity contribution >= 4 is 11.6 Å². The first-order valence-corrected chi connectivity index (χ1v) is 8.63. The van der Waals surface area contributed by atoms with Gasteiger partial charge in [-0.05, 0) is 36.1 Å². The van der Waals surface area contributed by atoms with Crippen molar-refractivity contribution in [2.24, 2.45) is 5.92 Å². The smallest absolute Gasteiger partial charge is 0.251 e. The van der Waals surface area contributed by atoms with Crippen LogP contribution in [0.4, 0.5) is 14.5 Å². The number of carbonyl (C=O) groups is 1. The highest BCUT2D eigenvalue weighted by molar-refractivity contribution is 5.95. The summed E-state index contributed by atoms with van der Waals surface area (Å²) in [4.78, 5) is 14.5. The molecule has 0 aliphatic carbocycles. The van der Waals surface area contributed by atoms with Gasteiger partial charge >= 0.3 is 0 Å². The largest absolute Gasteiger partial charge is 0.380 e. The molecule has 2 aromatic rings. The number of carbonyl (C=O) groups excluding carboxylic acids is 1. The lowest BCUT2D eigenvalue weighted by Crippen LogP contribution is -2.31. The fourth-order valence-electron chi connectivity index (χ4n) is 3.27. The molecule has 0 radical (unpaired) electrons. The molecule has 2 aromatic carbocycles. The highest BCUT2D eigenvalue weighted by atomic mass is 19.2. The van der Waals surface area contributed by atoms with Crippen LogP contribution in [0, 0.1) is 17.6 Å². The Bertz CT molecular complexity index is 782. The number of hydrogen-bond donors (Lipinski definition) is 1. The maximum Gasteiger partial charge on any atom is 0.251 e. The van der Waals surface area contributed by atoms with Gasteiger partial charge in [-0.2, -0.15) is 0 Å². The van der Waals surface area contributed by atoms with Crippen molar-refractivity contribution in [2.75, 3.05) is 31.6 Å². The molecular formula is C20H22F2N2O2. The Balaban J connectivity index is 1.56. The molecule has 1 amide bonds. The maximum atomic E-state index is 13.4. The zero-order valence-corrected chi connectivity index (χ0v) is 14.7. The SMILES string of the molecule is COCc1ccccc1C(=O)NCC1CCN(c2ccc(F)c(F)c2)C1. The van der Waals surface area contributed by atoms with E-state index in [2.05, 4.69) is 5.32 Å². The fraction of sp³-hybridized carbons (Fsp3) is 0.350. The van der Waals surface area contributed by atoms with E-state index in [-0.39, 0.29) is 11.8 Å². The van der Waals surface area contributed by atoms with Gasteiger partial charge in [0, 0.05) is 44.1 Å². The van der Waals surface area contributed by atoms with Crippen LogP contribution in [-0.4, -0.2) is 32.7 Å². The Kier molecular flexibility index (Phi) is 5.83. The molecule has 3 rings (SSSR count). The average molecular weight is 360 g/mol. The highest BCUT2D eigenvalue weighted by Gasteiger charge is 2.24. The van der Waals surface area contributed by atoms with E-state index >= 15 is 0 Å². The molecule has 1 unspecified atom stereocenters. The Morgan fingerprint density at radius 2 is 2.04 bits per heavy atom. The third kappa shape index (κ3) is 4.19. The number of methoxy groups -OCH3 is 1. The quantitative estimate of drug-likeness (QED) is 0.859. The number of nitrogens with zero attached hydrogens (tertiary/aromatic N) is 1. The second-order valence-corrected chi connectivity index (χ2v) is 6.50. The zero-order valence-electron chi connectivity index (χ0n) is 14.7. The summed E-state index contributed by atoms with van der Waals surface area (Å²) in [5.41, 5.74) is 2.13. The summed E-state index contributed by atoms with van der Waals surface area (Å²) >= 11 is 0. The van der Waals surface area contributed by atoms with Gasteiger partial charge in [0.2, 0.25) is 0 Å². The van der Waals surface area contributed by atoms with Gasteiger partial charge in [-0.25, -0.2) is 8.78 Å². The van der Waals surface area contributed by atoms with Crippen molar-refractivity contribution in [3.8, 4) is 0 Å². The van der Waals surface area contributed by atoms with Gasteiger partial charge in [0.25, 0.3) is 5.91 Å². The van der Waals surface area contributed by atoms with E-state index in [9.17, 15) is 13.6 Å². The molecule has 6 heteroatoms. The van der Waals surface area contributed by atoms with Crippen molar-refractivity contribution in [1.29, 1.82) is 0 Å². The number of anilines is 1. The summed E-state index contributed by atoms with van der Waals surface area (Å²) < 4.78 is 31.6. The van der Waals surface area contributed by atoms with Crippen molar-refractivity contribution in [3.63, 3.8) is 0 Å². The predicted octanol–water partition coefficient (Wildman–Crippen LogP) is 3.37. The van der Waals surface area contributed by atoms with Crippen LogP contribution in [0.2, 0.25) is 0 Å². The van der Waals surface area contributed by atoms with Crippen molar-refractivity contribution in [2.45, 2.75) is 13.0 Å². The first-order chi connectivity index (χ1) is 12.6.